The Balaban J connectivity index is 2.15. The lowest BCUT2D eigenvalue weighted by Crippen LogP contribution is -2.39. The predicted octanol–water partition coefficient (Wildman–Crippen LogP) is 1.10. The van der Waals surface area contributed by atoms with Crippen LogP contribution in [0.2, 0.25) is 0 Å². The molecule has 5 heteroatoms. The lowest BCUT2D eigenvalue weighted by atomic mass is 10.2. The summed E-state index contributed by atoms with van der Waals surface area (Å²) in [5, 5.41) is 15.5. The number of ether oxygens (including phenoxy) is 1. The predicted molar refractivity (Wildman–Crippen MR) is 83.4 cm³/mol. The number of para-hydroxylation sites is 1. The highest BCUT2D eigenvalue weighted by Crippen LogP contribution is 2.16. The van der Waals surface area contributed by atoms with E-state index in [1.165, 1.54) is 0 Å². The summed E-state index contributed by atoms with van der Waals surface area (Å²) < 4.78 is 5.54. The van der Waals surface area contributed by atoms with Gasteiger partial charge in [-0.15, -0.1) is 0 Å². The van der Waals surface area contributed by atoms with Gasteiger partial charge in [0.2, 0.25) is 5.91 Å². The van der Waals surface area contributed by atoms with Crippen molar-refractivity contribution in [3.63, 3.8) is 0 Å². The van der Waals surface area contributed by atoms with Crippen molar-refractivity contribution in [2.24, 2.45) is 5.92 Å². The zero-order chi connectivity index (χ0) is 15.7. The normalized spacial score (nSPS) is 12.2. The van der Waals surface area contributed by atoms with Crippen LogP contribution in [0.5, 0.6) is 5.75 Å². The maximum absolute atomic E-state index is 11.5. The molecule has 0 heterocycles. The Morgan fingerprint density at radius 3 is 2.67 bits per heavy atom. The molecule has 1 unspecified atom stereocenters. The Kier molecular flexibility index (Phi) is 7.79. The van der Waals surface area contributed by atoms with Crippen molar-refractivity contribution in [1.29, 1.82) is 0 Å². The van der Waals surface area contributed by atoms with E-state index in [4.69, 9.17) is 4.74 Å². The number of aliphatic hydroxyl groups excluding tert-OH is 1. The van der Waals surface area contributed by atoms with E-state index in [-0.39, 0.29) is 19.1 Å². The fourth-order valence-corrected chi connectivity index (χ4v) is 1.70. The first kappa shape index (κ1) is 17.5. The molecule has 0 radical (unpaired) electrons. The van der Waals surface area contributed by atoms with Gasteiger partial charge >= 0.3 is 0 Å². The number of carbonyl (C=O) groups excluding carboxylic acids is 1. The molecule has 1 rings (SSSR count). The second kappa shape index (κ2) is 9.37. The van der Waals surface area contributed by atoms with Gasteiger partial charge in [-0.3, -0.25) is 4.79 Å². The number of benzene rings is 1. The quantitative estimate of drug-likeness (QED) is 0.638. The molecule has 5 nitrogen and oxygen atoms in total. The van der Waals surface area contributed by atoms with Crippen molar-refractivity contribution in [3.8, 4) is 5.75 Å². The van der Waals surface area contributed by atoms with Crippen LogP contribution in [0.3, 0.4) is 0 Å². The van der Waals surface area contributed by atoms with E-state index in [1.54, 1.807) is 0 Å². The van der Waals surface area contributed by atoms with Crippen LogP contribution >= 0.6 is 0 Å². The topological polar surface area (TPSA) is 70.6 Å². The minimum atomic E-state index is -0.650. The van der Waals surface area contributed by atoms with E-state index < -0.39 is 6.10 Å². The zero-order valence-corrected chi connectivity index (χ0v) is 13.1. The van der Waals surface area contributed by atoms with E-state index in [9.17, 15) is 9.90 Å². The van der Waals surface area contributed by atoms with Gasteiger partial charge in [0.1, 0.15) is 18.5 Å². The summed E-state index contributed by atoms with van der Waals surface area (Å²) in [6.45, 7) is 7.43. The standard InChI is InChI=1S/C16H26N2O3/c1-12(2)8-18-16(20)10-17-9-14(19)11-21-15-7-5-4-6-13(15)3/h4-7,12,14,17,19H,8-11H2,1-3H3,(H,18,20). The minimum Gasteiger partial charge on any atom is -0.491 e. The molecule has 0 saturated carbocycles. The van der Waals surface area contributed by atoms with Gasteiger partial charge in [0.05, 0.1) is 6.54 Å². The molecule has 1 aromatic rings. The molecule has 21 heavy (non-hydrogen) atoms. The van der Waals surface area contributed by atoms with E-state index in [0.717, 1.165) is 11.3 Å². The van der Waals surface area contributed by atoms with Gasteiger partial charge < -0.3 is 20.5 Å². The van der Waals surface area contributed by atoms with Gasteiger partial charge in [-0.05, 0) is 24.5 Å². The van der Waals surface area contributed by atoms with Gasteiger partial charge in [0, 0.05) is 13.1 Å². The van der Waals surface area contributed by atoms with Crippen LogP contribution in [-0.2, 0) is 4.79 Å². The molecule has 0 aliphatic heterocycles. The fraction of sp³-hybridized carbons (Fsp3) is 0.562. The summed E-state index contributed by atoms with van der Waals surface area (Å²) in [6.07, 6.45) is -0.650. The second-order valence-electron chi connectivity index (χ2n) is 5.56. The average Bonchev–Trinajstić information content (AvgIpc) is 2.44. The number of carbonyl (C=O) groups is 1. The van der Waals surface area contributed by atoms with Crippen LogP contribution in [0.4, 0.5) is 0 Å². The summed E-state index contributed by atoms with van der Waals surface area (Å²) in [5.41, 5.74) is 1.03. The summed E-state index contributed by atoms with van der Waals surface area (Å²) in [6, 6.07) is 7.66. The number of rotatable bonds is 9. The molecular formula is C16H26N2O3. The maximum Gasteiger partial charge on any atom is 0.233 e. The molecular weight excluding hydrogens is 268 g/mol. The molecule has 1 aromatic carbocycles. The number of aryl methyl sites for hydroxylation is 1. The maximum atomic E-state index is 11.5. The zero-order valence-electron chi connectivity index (χ0n) is 13.1. The van der Waals surface area contributed by atoms with E-state index in [2.05, 4.69) is 10.6 Å². The van der Waals surface area contributed by atoms with Crippen LogP contribution in [0.25, 0.3) is 0 Å². The summed E-state index contributed by atoms with van der Waals surface area (Å²) in [7, 11) is 0. The highest BCUT2D eigenvalue weighted by molar-refractivity contribution is 5.77. The fourth-order valence-electron chi connectivity index (χ4n) is 1.70. The van der Waals surface area contributed by atoms with Gasteiger partial charge in [-0.2, -0.15) is 0 Å². The number of hydrogen-bond donors (Lipinski definition) is 3. The average molecular weight is 294 g/mol. The van der Waals surface area contributed by atoms with Gasteiger partial charge in [0.15, 0.2) is 0 Å². The van der Waals surface area contributed by atoms with Crippen molar-refractivity contribution in [2.45, 2.75) is 26.9 Å². The lowest BCUT2D eigenvalue weighted by Gasteiger charge is -2.14. The third kappa shape index (κ3) is 7.68. The third-order valence-electron chi connectivity index (χ3n) is 2.90. The van der Waals surface area contributed by atoms with Crippen LogP contribution in [0, 0.1) is 12.8 Å². The molecule has 118 valence electrons. The molecule has 0 bridgehead atoms. The van der Waals surface area contributed by atoms with Crippen molar-refractivity contribution >= 4 is 5.91 Å². The molecule has 0 aliphatic carbocycles. The first-order chi connectivity index (χ1) is 9.99. The summed E-state index contributed by atoms with van der Waals surface area (Å²) in [5.74, 6) is 1.14. The Hall–Kier alpha value is -1.59. The highest BCUT2D eigenvalue weighted by atomic mass is 16.5. The van der Waals surface area contributed by atoms with Crippen LogP contribution in [-0.4, -0.2) is 43.4 Å². The van der Waals surface area contributed by atoms with E-state index in [1.807, 2.05) is 45.0 Å². The number of aliphatic hydroxyl groups is 1. The van der Waals surface area contributed by atoms with Crippen molar-refractivity contribution in [3.05, 3.63) is 29.8 Å². The van der Waals surface area contributed by atoms with E-state index in [0.29, 0.717) is 19.0 Å². The van der Waals surface area contributed by atoms with Crippen molar-refractivity contribution in [2.75, 3.05) is 26.2 Å². The molecule has 0 fully saturated rings. The van der Waals surface area contributed by atoms with Gasteiger partial charge in [0.25, 0.3) is 0 Å². The Morgan fingerprint density at radius 1 is 1.29 bits per heavy atom. The van der Waals surface area contributed by atoms with Crippen LogP contribution in [0.15, 0.2) is 24.3 Å². The second-order valence-corrected chi connectivity index (χ2v) is 5.56. The molecule has 3 N–H and O–H groups in total. The Labute approximate surface area is 126 Å². The minimum absolute atomic E-state index is 0.0595. The smallest absolute Gasteiger partial charge is 0.233 e. The SMILES string of the molecule is Cc1ccccc1OCC(O)CNCC(=O)NCC(C)C. The van der Waals surface area contributed by atoms with Crippen molar-refractivity contribution < 1.29 is 14.6 Å². The van der Waals surface area contributed by atoms with Crippen LogP contribution < -0.4 is 15.4 Å². The summed E-state index contributed by atoms with van der Waals surface area (Å²) in [4.78, 5) is 11.5. The summed E-state index contributed by atoms with van der Waals surface area (Å²) >= 11 is 0. The molecule has 1 atom stereocenters. The Morgan fingerprint density at radius 2 is 2.00 bits per heavy atom. The molecule has 0 aromatic heterocycles. The van der Waals surface area contributed by atoms with E-state index >= 15 is 0 Å². The number of nitrogens with one attached hydrogen (secondary N) is 2. The molecule has 0 aliphatic rings. The van der Waals surface area contributed by atoms with Gasteiger partial charge in [-0.25, -0.2) is 0 Å². The van der Waals surface area contributed by atoms with Crippen molar-refractivity contribution in [1.82, 2.24) is 10.6 Å². The first-order valence-corrected chi connectivity index (χ1v) is 7.33. The van der Waals surface area contributed by atoms with Crippen LogP contribution in [0.1, 0.15) is 19.4 Å². The largest absolute Gasteiger partial charge is 0.491 e. The third-order valence-corrected chi connectivity index (χ3v) is 2.90. The monoisotopic (exact) mass is 294 g/mol. The number of amides is 1. The molecule has 0 spiro atoms. The van der Waals surface area contributed by atoms with Gasteiger partial charge in [-0.1, -0.05) is 32.0 Å². The first-order valence-electron chi connectivity index (χ1n) is 7.33. The molecule has 0 saturated heterocycles. The Bertz CT molecular complexity index is 435. The molecule has 1 amide bonds. The number of hydrogen-bond acceptors (Lipinski definition) is 4. The highest BCUT2D eigenvalue weighted by Gasteiger charge is 2.08. The lowest BCUT2D eigenvalue weighted by molar-refractivity contribution is -0.120.